The molecule has 0 spiro atoms. The summed E-state index contributed by atoms with van der Waals surface area (Å²) in [5.74, 6) is 0.447. The second-order valence-electron chi connectivity index (χ2n) is 8.47. The Balaban J connectivity index is 1.42. The van der Waals surface area contributed by atoms with E-state index in [1.165, 1.54) is 6.08 Å². The lowest BCUT2D eigenvalue weighted by Gasteiger charge is -2.29. The van der Waals surface area contributed by atoms with Gasteiger partial charge in [-0.3, -0.25) is 14.5 Å². The fraction of sp³-hybridized carbons (Fsp3) is 0.308. The van der Waals surface area contributed by atoms with Crippen LogP contribution in [0.4, 0.5) is 11.6 Å². The van der Waals surface area contributed by atoms with Crippen molar-refractivity contribution in [2.24, 2.45) is 0 Å². The third-order valence-corrected chi connectivity index (χ3v) is 5.64. The molecular formula is C26H29N5O4. The molecule has 1 aliphatic rings. The van der Waals surface area contributed by atoms with Crippen molar-refractivity contribution in [3.8, 4) is 5.75 Å². The van der Waals surface area contributed by atoms with Crippen LogP contribution in [0.25, 0.3) is 10.9 Å². The summed E-state index contributed by atoms with van der Waals surface area (Å²) in [6, 6.07) is 13.7. The van der Waals surface area contributed by atoms with Crippen LogP contribution >= 0.6 is 0 Å². The molecule has 2 aromatic carbocycles. The van der Waals surface area contributed by atoms with Crippen molar-refractivity contribution < 1.29 is 19.1 Å². The van der Waals surface area contributed by atoms with Gasteiger partial charge in [0.15, 0.2) is 0 Å². The number of aromatic nitrogens is 2. The summed E-state index contributed by atoms with van der Waals surface area (Å²) in [6.07, 6.45) is 4.73. The number of benzene rings is 2. The normalized spacial score (nSPS) is 17.2. The lowest BCUT2D eigenvalue weighted by atomic mass is 10.1. The Morgan fingerprint density at radius 2 is 2.11 bits per heavy atom. The van der Waals surface area contributed by atoms with Crippen molar-refractivity contribution in [3.63, 3.8) is 0 Å². The van der Waals surface area contributed by atoms with E-state index in [-0.39, 0.29) is 30.6 Å². The smallest absolute Gasteiger partial charge is 0.320 e. The Labute approximate surface area is 204 Å². The first kappa shape index (κ1) is 24.2. The highest BCUT2D eigenvalue weighted by Gasteiger charge is 2.22. The number of nitrogens with one attached hydrogen (secondary N) is 2. The number of nitrogens with zero attached hydrogens (tertiary/aromatic N) is 3. The minimum Gasteiger partial charge on any atom is -0.494 e. The Bertz CT molecular complexity index is 1230. The van der Waals surface area contributed by atoms with Crippen LogP contribution < -0.4 is 15.4 Å². The lowest BCUT2D eigenvalue weighted by Crippen LogP contribution is -2.44. The van der Waals surface area contributed by atoms with E-state index >= 15 is 0 Å². The highest BCUT2D eigenvalue weighted by Crippen LogP contribution is 2.30. The Kier molecular flexibility index (Phi) is 7.57. The van der Waals surface area contributed by atoms with Gasteiger partial charge in [0.05, 0.1) is 30.9 Å². The van der Waals surface area contributed by atoms with Crippen LogP contribution in [-0.4, -0.2) is 59.6 Å². The number of esters is 1. The van der Waals surface area contributed by atoms with Gasteiger partial charge in [-0.2, -0.15) is 0 Å². The van der Waals surface area contributed by atoms with Crippen LogP contribution in [0.5, 0.6) is 5.75 Å². The van der Waals surface area contributed by atoms with E-state index in [0.29, 0.717) is 36.0 Å². The highest BCUT2D eigenvalue weighted by molar-refractivity contribution is 6.02. The van der Waals surface area contributed by atoms with Crippen LogP contribution in [0.2, 0.25) is 0 Å². The summed E-state index contributed by atoms with van der Waals surface area (Å²) in [5, 5.41) is 6.93. The third-order valence-electron chi connectivity index (χ3n) is 5.64. The first-order chi connectivity index (χ1) is 16.9. The first-order valence-corrected chi connectivity index (χ1v) is 11.5. The van der Waals surface area contributed by atoms with Crippen molar-refractivity contribution in [3.05, 3.63) is 66.4 Å². The molecule has 0 bridgehead atoms. The molecule has 0 radical (unpaired) electrons. The standard InChI is InChI=1S/C26H29N5O4/c1-17-15-31(16-25(33)35-17)11-7-10-24(32)29-22-12-20-14-27-26(30-21(20)13-23(22)34-3)28-18(2)19-8-5-4-6-9-19/h4-10,12-14,17-18H,11,15-16H2,1-3H3,(H,29,32)(H,27,28,30)/t17-,18-/m1/s1. The molecule has 2 N–H and O–H groups in total. The number of hydrogen-bond acceptors (Lipinski definition) is 8. The number of anilines is 2. The van der Waals surface area contributed by atoms with Gasteiger partial charge >= 0.3 is 5.97 Å². The molecule has 4 rings (SSSR count). The largest absolute Gasteiger partial charge is 0.494 e. The zero-order chi connectivity index (χ0) is 24.8. The molecule has 9 heteroatoms. The summed E-state index contributed by atoms with van der Waals surface area (Å²) < 4.78 is 10.6. The monoisotopic (exact) mass is 475 g/mol. The summed E-state index contributed by atoms with van der Waals surface area (Å²) >= 11 is 0. The lowest BCUT2D eigenvalue weighted by molar-refractivity contribution is -0.156. The molecule has 2 heterocycles. The van der Waals surface area contributed by atoms with Gasteiger partial charge in [-0.1, -0.05) is 36.4 Å². The average Bonchev–Trinajstić information content (AvgIpc) is 2.83. The molecule has 182 valence electrons. The van der Waals surface area contributed by atoms with Gasteiger partial charge in [0.1, 0.15) is 11.9 Å². The molecule has 0 unspecified atom stereocenters. The first-order valence-electron chi connectivity index (χ1n) is 11.5. The predicted molar refractivity (Wildman–Crippen MR) is 134 cm³/mol. The van der Waals surface area contributed by atoms with Crippen molar-refractivity contribution in [2.75, 3.05) is 37.4 Å². The van der Waals surface area contributed by atoms with E-state index in [2.05, 4.69) is 20.6 Å². The SMILES string of the molecule is COc1cc2nc(N[C@H](C)c3ccccc3)ncc2cc1NC(=O)C=CCN1CC(=O)O[C@H](C)C1. The van der Waals surface area contributed by atoms with Crippen molar-refractivity contribution in [2.45, 2.75) is 26.0 Å². The maximum atomic E-state index is 12.5. The minimum atomic E-state index is -0.300. The van der Waals surface area contributed by atoms with E-state index < -0.39 is 0 Å². The summed E-state index contributed by atoms with van der Waals surface area (Å²) in [6.45, 7) is 5.23. The van der Waals surface area contributed by atoms with E-state index in [1.54, 1.807) is 31.5 Å². The van der Waals surface area contributed by atoms with Crippen molar-refractivity contribution in [1.82, 2.24) is 14.9 Å². The fourth-order valence-electron chi connectivity index (χ4n) is 3.95. The van der Waals surface area contributed by atoms with Crippen LogP contribution in [0.15, 0.2) is 60.8 Å². The highest BCUT2D eigenvalue weighted by atomic mass is 16.5. The molecule has 35 heavy (non-hydrogen) atoms. The number of fused-ring (bicyclic) bond motifs is 1. The van der Waals surface area contributed by atoms with Gasteiger partial charge in [0.25, 0.3) is 0 Å². The molecule has 1 aliphatic heterocycles. The number of amides is 1. The van der Waals surface area contributed by atoms with Crippen LogP contribution in [0, 0.1) is 0 Å². The molecule has 1 amide bonds. The number of carbonyl (C=O) groups excluding carboxylic acids is 2. The molecule has 3 aromatic rings. The molecule has 1 saturated heterocycles. The van der Waals surface area contributed by atoms with Crippen molar-refractivity contribution in [1.29, 1.82) is 0 Å². The molecule has 0 aliphatic carbocycles. The molecule has 0 saturated carbocycles. The topological polar surface area (TPSA) is 106 Å². The number of rotatable bonds is 8. The summed E-state index contributed by atoms with van der Waals surface area (Å²) in [4.78, 5) is 35.0. The van der Waals surface area contributed by atoms with E-state index in [4.69, 9.17) is 9.47 Å². The van der Waals surface area contributed by atoms with Gasteiger partial charge < -0.3 is 20.1 Å². The minimum absolute atomic E-state index is 0.0414. The average molecular weight is 476 g/mol. The van der Waals surface area contributed by atoms with Crippen LogP contribution in [-0.2, 0) is 14.3 Å². The fourth-order valence-corrected chi connectivity index (χ4v) is 3.95. The molecule has 1 aromatic heterocycles. The number of carbonyl (C=O) groups is 2. The van der Waals surface area contributed by atoms with Gasteiger partial charge in [0, 0.05) is 36.8 Å². The Morgan fingerprint density at radius 3 is 2.86 bits per heavy atom. The number of hydrogen-bond donors (Lipinski definition) is 2. The second kappa shape index (κ2) is 11.0. The maximum Gasteiger partial charge on any atom is 0.320 e. The number of methoxy groups -OCH3 is 1. The quantitative estimate of drug-likeness (QED) is 0.376. The summed E-state index contributed by atoms with van der Waals surface area (Å²) in [7, 11) is 1.54. The van der Waals surface area contributed by atoms with E-state index in [1.807, 2.05) is 49.1 Å². The molecule has 2 atom stereocenters. The van der Waals surface area contributed by atoms with Gasteiger partial charge in [0.2, 0.25) is 11.9 Å². The van der Waals surface area contributed by atoms with Gasteiger partial charge in [-0.15, -0.1) is 0 Å². The zero-order valence-electron chi connectivity index (χ0n) is 20.0. The number of ether oxygens (including phenoxy) is 2. The Morgan fingerprint density at radius 1 is 1.31 bits per heavy atom. The third kappa shape index (κ3) is 6.33. The molecule has 1 fully saturated rings. The zero-order valence-corrected chi connectivity index (χ0v) is 20.0. The number of cyclic esters (lactones) is 1. The van der Waals surface area contributed by atoms with Gasteiger partial charge in [-0.05, 0) is 25.5 Å². The van der Waals surface area contributed by atoms with Crippen molar-refractivity contribution >= 4 is 34.4 Å². The van der Waals surface area contributed by atoms with E-state index in [9.17, 15) is 9.59 Å². The second-order valence-corrected chi connectivity index (χ2v) is 8.47. The number of morpholine rings is 1. The molecular weight excluding hydrogens is 446 g/mol. The van der Waals surface area contributed by atoms with Crippen LogP contribution in [0.3, 0.4) is 0 Å². The van der Waals surface area contributed by atoms with Crippen LogP contribution in [0.1, 0.15) is 25.5 Å². The summed E-state index contributed by atoms with van der Waals surface area (Å²) in [5.41, 5.74) is 2.35. The van der Waals surface area contributed by atoms with E-state index in [0.717, 1.165) is 10.9 Å². The Hall–Kier alpha value is -3.98. The maximum absolute atomic E-state index is 12.5. The predicted octanol–water partition coefficient (Wildman–Crippen LogP) is 3.55. The molecule has 9 nitrogen and oxygen atoms in total. The van der Waals surface area contributed by atoms with Gasteiger partial charge in [-0.25, -0.2) is 9.97 Å².